The maximum absolute atomic E-state index is 9.55. The summed E-state index contributed by atoms with van der Waals surface area (Å²) in [7, 11) is 0. The van der Waals surface area contributed by atoms with Crippen LogP contribution < -0.4 is 9.80 Å². The summed E-state index contributed by atoms with van der Waals surface area (Å²) >= 11 is 0. The third-order valence-corrected chi connectivity index (χ3v) is 5.53. The Kier molecular flexibility index (Phi) is 4.52. The van der Waals surface area contributed by atoms with Crippen LogP contribution in [0.4, 0.5) is 11.5 Å². The average molecular weight is 395 g/mol. The Morgan fingerprint density at radius 2 is 1.73 bits per heavy atom. The van der Waals surface area contributed by atoms with Gasteiger partial charge in [0.25, 0.3) is 0 Å². The van der Waals surface area contributed by atoms with E-state index in [1.54, 1.807) is 12.3 Å². The normalized spacial score (nSPS) is 14.1. The zero-order chi connectivity index (χ0) is 20.5. The monoisotopic (exact) mass is 395 g/mol. The zero-order valence-electron chi connectivity index (χ0n) is 16.7. The summed E-state index contributed by atoms with van der Waals surface area (Å²) in [6.45, 7) is 5.52. The van der Waals surface area contributed by atoms with Gasteiger partial charge in [-0.2, -0.15) is 5.26 Å². The molecule has 0 bridgehead atoms. The molecule has 4 aromatic rings. The van der Waals surface area contributed by atoms with Crippen LogP contribution in [0.5, 0.6) is 0 Å². The standard InChI is InChI=1S/C23H21N7/c1-17-13-21-25-7-8-30(21)16-20(17)23-26-18(15-24)14-22(27-23)29-11-9-28(10-12-29)19-5-3-2-4-6-19/h2-8,13-14,16H,9-12H2,1H3. The number of anilines is 2. The van der Waals surface area contributed by atoms with E-state index in [-0.39, 0.29) is 0 Å². The van der Waals surface area contributed by atoms with Crippen molar-refractivity contribution in [3.8, 4) is 17.5 Å². The number of aryl methyl sites for hydroxylation is 1. The summed E-state index contributed by atoms with van der Waals surface area (Å²) in [5.74, 6) is 1.37. The number of pyridine rings is 1. The van der Waals surface area contributed by atoms with Crippen LogP contribution >= 0.6 is 0 Å². The molecule has 148 valence electrons. The molecule has 30 heavy (non-hydrogen) atoms. The minimum Gasteiger partial charge on any atom is -0.368 e. The molecule has 0 amide bonds. The van der Waals surface area contributed by atoms with E-state index in [2.05, 4.69) is 50.1 Å². The fraction of sp³-hybridized carbons (Fsp3) is 0.217. The number of imidazole rings is 1. The van der Waals surface area contributed by atoms with Crippen molar-refractivity contribution < 1.29 is 0 Å². The molecule has 1 aliphatic rings. The van der Waals surface area contributed by atoms with Crippen LogP contribution in [-0.2, 0) is 0 Å². The van der Waals surface area contributed by atoms with Gasteiger partial charge >= 0.3 is 0 Å². The molecule has 3 aromatic heterocycles. The van der Waals surface area contributed by atoms with Gasteiger partial charge in [0.15, 0.2) is 5.82 Å². The molecule has 0 spiro atoms. The second-order valence-corrected chi connectivity index (χ2v) is 7.42. The first-order chi connectivity index (χ1) is 14.7. The second-order valence-electron chi connectivity index (χ2n) is 7.42. The van der Waals surface area contributed by atoms with Crippen LogP contribution in [0.25, 0.3) is 17.0 Å². The number of rotatable bonds is 3. The zero-order valence-corrected chi connectivity index (χ0v) is 16.7. The topological polar surface area (TPSA) is 73.4 Å². The van der Waals surface area contributed by atoms with Gasteiger partial charge in [-0.25, -0.2) is 15.0 Å². The molecule has 0 saturated carbocycles. The highest BCUT2D eigenvalue weighted by molar-refractivity contribution is 5.65. The smallest absolute Gasteiger partial charge is 0.164 e. The number of aromatic nitrogens is 4. The summed E-state index contributed by atoms with van der Waals surface area (Å²) in [6, 6.07) is 16.4. The van der Waals surface area contributed by atoms with Gasteiger partial charge in [-0.1, -0.05) is 18.2 Å². The van der Waals surface area contributed by atoms with Crippen molar-refractivity contribution >= 4 is 17.2 Å². The van der Waals surface area contributed by atoms with Crippen molar-refractivity contribution in [2.75, 3.05) is 36.0 Å². The minimum atomic E-state index is 0.380. The van der Waals surface area contributed by atoms with E-state index in [9.17, 15) is 5.26 Å². The summed E-state index contributed by atoms with van der Waals surface area (Å²) in [4.78, 5) is 18.3. The number of nitriles is 1. The number of para-hydroxylation sites is 1. The van der Waals surface area contributed by atoms with E-state index in [0.717, 1.165) is 48.8 Å². The van der Waals surface area contributed by atoms with Crippen molar-refractivity contribution in [1.82, 2.24) is 19.4 Å². The van der Waals surface area contributed by atoms with Gasteiger partial charge in [0.1, 0.15) is 23.2 Å². The van der Waals surface area contributed by atoms with E-state index in [0.29, 0.717) is 11.5 Å². The van der Waals surface area contributed by atoms with Crippen molar-refractivity contribution in [1.29, 1.82) is 5.26 Å². The molecule has 0 radical (unpaired) electrons. The van der Waals surface area contributed by atoms with Crippen LogP contribution in [0.15, 0.2) is 61.1 Å². The fourth-order valence-electron chi connectivity index (χ4n) is 3.90. The molecular formula is C23H21N7. The summed E-state index contributed by atoms with van der Waals surface area (Å²) < 4.78 is 1.95. The largest absolute Gasteiger partial charge is 0.368 e. The van der Waals surface area contributed by atoms with E-state index in [1.165, 1.54) is 5.69 Å². The predicted octanol–water partition coefficient (Wildman–Crippen LogP) is 3.30. The van der Waals surface area contributed by atoms with Crippen LogP contribution in [-0.4, -0.2) is 45.5 Å². The Labute approximate surface area is 174 Å². The number of benzene rings is 1. The highest BCUT2D eigenvalue weighted by Gasteiger charge is 2.20. The Bertz CT molecular complexity index is 1230. The minimum absolute atomic E-state index is 0.380. The quantitative estimate of drug-likeness (QED) is 0.530. The number of nitrogens with zero attached hydrogens (tertiary/aromatic N) is 7. The molecule has 0 N–H and O–H groups in total. The second kappa shape index (κ2) is 7.48. The Balaban J connectivity index is 1.45. The summed E-state index contributed by atoms with van der Waals surface area (Å²) in [6.07, 6.45) is 5.64. The van der Waals surface area contributed by atoms with Gasteiger partial charge in [0, 0.05) is 62.1 Å². The lowest BCUT2D eigenvalue weighted by Crippen LogP contribution is -2.46. The number of hydrogen-bond acceptors (Lipinski definition) is 6. The summed E-state index contributed by atoms with van der Waals surface area (Å²) in [5.41, 5.74) is 4.43. The van der Waals surface area contributed by atoms with Gasteiger partial charge in [-0.15, -0.1) is 0 Å². The van der Waals surface area contributed by atoms with Crippen molar-refractivity contribution in [2.45, 2.75) is 6.92 Å². The Hall–Kier alpha value is -3.92. The molecule has 0 aliphatic carbocycles. The van der Waals surface area contributed by atoms with Crippen molar-refractivity contribution in [2.24, 2.45) is 0 Å². The van der Waals surface area contributed by atoms with E-state index in [4.69, 9.17) is 4.98 Å². The molecule has 0 atom stereocenters. The number of fused-ring (bicyclic) bond motifs is 1. The van der Waals surface area contributed by atoms with Crippen LogP contribution in [0.2, 0.25) is 0 Å². The van der Waals surface area contributed by atoms with E-state index < -0.39 is 0 Å². The first kappa shape index (κ1) is 18.1. The molecule has 5 rings (SSSR count). The molecule has 0 unspecified atom stereocenters. The van der Waals surface area contributed by atoms with Crippen LogP contribution in [0.3, 0.4) is 0 Å². The highest BCUT2D eigenvalue weighted by Crippen LogP contribution is 2.25. The fourth-order valence-corrected chi connectivity index (χ4v) is 3.90. The SMILES string of the molecule is Cc1cc2nccn2cc1-c1nc(C#N)cc(N2CCN(c3ccccc3)CC2)n1. The Morgan fingerprint density at radius 1 is 0.967 bits per heavy atom. The number of piperazine rings is 1. The molecule has 7 heteroatoms. The Morgan fingerprint density at radius 3 is 2.50 bits per heavy atom. The molecular weight excluding hydrogens is 374 g/mol. The van der Waals surface area contributed by atoms with Crippen molar-refractivity contribution in [3.63, 3.8) is 0 Å². The maximum atomic E-state index is 9.55. The van der Waals surface area contributed by atoms with E-state index in [1.807, 2.05) is 35.9 Å². The molecule has 7 nitrogen and oxygen atoms in total. The highest BCUT2D eigenvalue weighted by atomic mass is 15.3. The van der Waals surface area contributed by atoms with Crippen molar-refractivity contribution in [3.05, 3.63) is 72.3 Å². The molecule has 1 saturated heterocycles. The first-order valence-electron chi connectivity index (χ1n) is 9.99. The van der Waals surface area contributed by atoms with Crippen LogP contribution in [0.1, 0.15) is 11.3 Å². The molecule has 1 aliphatic heterocycles. The van der Waals surface area contributed by atoms with Gasteiger partial charge in [0.2, 0.25) is 0 Å². The van der Waals surface area contributed by atoms with Gasteiger partial charge in [-0.3, -0.25) is 0 Å². The summed E-state index contributed by atoms with van der Waals surface area (Å²) in [5, 5.41) is 9.55. The molecule has 4 heterocycles. The van der Waals surface area contributed by atoms with E-state index >= 15 is 0 Å². The predicted molar refractivity (Wildman–Crippen MR) is 117 cm³/mol. The van der Waals surface area contributed by atoms with Gasteiger partial charge in [0.05, 0.1) is 0 Å². The third kappa shape index (κ3) is 3.33. The van der Waals surface area contributed by atoms with Gasteiger partial charge < -0.3 is 14.2 Å². The average Bonchev–Trinajstić information content (AvgIpc) is 3.26. The van der Waals surface area contributed by atoms with Gasteiger partial charge in [-0.05, 0) is 30.7 Å². The first-order valence-corrected chi connectivity index (χ1v) is 9.99. The number of hydrogen-bond donors (Lipinski definition) is 0. The molecule has 1 aromatic carbocycles. The maximum Gasteiger partial charge on any atom is 0.164 e. The molecule has 1 fully saturated rings. The van der Waals surface area contributed by atoms with Crippen LogP contribution in [0, 0.1) is 18.3 Å². The lowest BCUT2D eigenvalue weighted by molar-refractivity contribution is 0.647. The lowest BCUT2D eigenvalue weighted by atomic mass is 10.1. The lowest BCUT2D eigenvalue weighted by Gasteiger charge is -2.36. The third-order valence-electron chi connectivity index (χ3n) is 5.53.